The van der Waals surface area contributed by atoms with E-state index in [1.165, 1.54) is 12.1 Å². The van der Waals surface area contributed by atoms with Crippen molar-refractivity contribution in [2.45, 2.75) is 13.0 Å². The van der Waals surface area contributed by atoms with Crippen molar-refractivity contribution in [1.82, 2.24) is 0 Å². The summed E-state index contributed by atoms with van der Waals surface area (Å²) in [6.07, 6.45) is -1.22. The van der Waals surface area contributed by atoms with Crippen LogP contribution in [0.5, 0.6) is 0 Å². The minimum absolute atomic E-state index is 0.0119. The molecule has 0 spiro atoms. The van der Waals surface area contributed by atoms with E-state index in [1.807, 2.05) is 0 Å². The van der Waals surface area contributed by atoms with E-state index in [0.29, 0.717) is 21.7 Å². The maximum Gasteiger partial charge on any atom is 0.339 e. The summed E-state index contributed by atoms with van der Waals surface area (Å²) in [5, 5.41) is 11.6. The first-order chi connectivity index (χ1) is 13.9. The lowest BCUT2D eigenvalue weighted by molar-refractivity contribution is -0.385. The van der Waals surface area contributed by atoms with Crippen LogP contribution < -0.4 is 0 Å². The normalized spacial score (nSPS) is 11.5. The van der Waals surface area contributed by atoms with Crippen LogP contribution in [0.25, 0.3) is 0 Å². The number of nitro benzene ring substituents is 1. The zero-order chi connectivity index (χ0) is 21.0. The van der Waals surface area contributed by atoms with E-state index in [2.05, 4.69) is 0 Å². The van der Waals surface area contributed by atoms with E-state index in [0.717, 1.165) is 6.07 Å². The van der Waals surface area contributed by atoms with Crippen LogP contribution in [0.2, 0.25) is 5.02 Å². The van der Waals surface area contributed by atoms with E-state index in [1.54, 1.807) is 61.5 Å². The molecule has 0 aromatic heterocycles. The Morgan fingerprint density at radius 3 is 2.24 bits per heavy atom. The van der Waals surface area contributed by atoms with Crippen LogP contribution in [0.1, 0.15) is 37.9 Å². The van der Waals surface area contributed by atoms with Crippen LogP contribution in [-0.4, -0.2) is 16.7 Å². The Morgan fingerprint density at radius 2 is 1.62 bits per heavy atom. The van der Waals surface area contributed by atoms with Gasteiger partial charge in [-0.1, -0.05) is 60.1 Å². The fraction of sp³-hybridized carbons (Fsp3) is 0.0909. The standard InChI is InChI=1S/C22H16ClNO5/c1-14-7-8-17(13-19(14)24(27)28)22(26)29-21(16-9-11-18(23)12-10-16)20(25)15-5-3-2-4-6-15/h2-13,21H,1H3/t21-/m1/s1. The maximum atomic E-state index is 13.0. The van der Waals surface area contributed by atoms with Gasteiger partial charge in [-0.05, 0) is 25.1 Å². The number of esters is 1. The van der Waals surface area contributed by atoms with E-state index in [9.17, 15) is 19.7 Å². The van der Waals surface area contributed by atoms with Crippen LogP contribution >= 0.6 is 11.6 Å². The summed E-state index contributed by atoms with van der Waals surface area (Å²) >= 11 is 5.92. The molecule has 0 bridgehead atoms. The zero-order valence-electron chi connectivity index (χ0n) is 15.4. The molecule has 7 heteroatoms. The van der Waals surface area contributed by atoms with Crippen LogP contribution in [0.3, 0.4) is 0 Å². The van der Waals surface area contributed by atoms with Gasteiger partial charge in [-0.25, -0.2) is 4.79 Å². The Kier molecular flexibility index (Phi) is 6.04. The van der Waals surface area contributed by atoms with Crippen LogP contribution in [0.4, 0.5) is 5.69 Å². The molecule has 0 aliphatic rings. The third kappa shape index (κ3) is 4.67. The molecule has 0 heterocycles. The second-order valence-electron chi connectivity index (χ2n) is 6.33. The van der Waals surface area contributed by atoms with Crippen molar-refractivity contribution in [2.24, 2.45) is 0 Å². The van der Waals surface area contributed by atoms with Gasteiger partial charge in [0.2, 0.25) is 5.78 Å². The first kappa shape index (κ1) is 20.2. The third-order valence-electron chi connectivity index (χ3n) is 4.34. The highest BCUT2D eigenvalue weighted by atomic mass is 35.5. The molecule has 3 aromatic carbocycles. The highest BCUT2D eigenvalue weighted by Crippen LogP contribution is 2.27. The second-order valence-corrected chi connectivity index (χ2v) is 6.76. The average molecular weight is 410 g/mol. The summed E-state index contributed by atoms with van der Waals surface area (Å²) in [6, 6.07) is 18.8. The number of ether oxygens (including phenoxy) is 1. The first-order valence-electron chi connectivity index (χ1n) is 8.67. The Balaban J connectivity index is 1.95. The topological polar surface area (TPSA) is 86.5 Å². The Morgan fingerprint density at radius 1 is 0.966 bits per heavy atom. The number of hydrogen-bond donors (Lipinski definition) is 0. The first-order valence-corrected chi connectivity index (χ1v) is 9.05. The maximum absolute atomic E-state index is 13.0. The van der Waals surface area contributed by atoms with Crippen LogP contribution in [0, 0.1) is 17.0 Å². The molecular weight excluding hydrogens is 394 g/mol. The van der Waals surface area contributed by atoms with Gasteiger partial charge in [-0.2, -0.15) is 0 Å². The molecule has 0 N–H and O–H groups in total. The molecule has 0 fully saturated rings. The number of ketones is 1. The zero-order valence-corrected chi connectivity index (χ0v) is 16.1. The summed E-state index contributed by atoms with van der Waals surface area (Å²) in [4.78, 5) is 36.3. The molecule has 0 unspecified atom stereocenters. The smallest absolute Gasteiger partial charge is 0.339 e. The van der Waals surface area contributed by atoms with Crippen molar-refractivity contribution in [2.75, 3.05) is 0 Å². The summed E-state index contributed by atoms with van der Waals surface area (Å²) < 4.78 is 5.50. The summed E-state index contributed by atoms with van der Waals surface area (Å²) in [7, 11) is 0. The van der Waals surface area contributed by atoms with Gasteiger partial charge in [0.05, 0.1) is 10.5 Å². The molecular formula is C22H16ClNO5. The summed E-state index contributed by atoms with van der Waals surface area (Å²) in [6.45, 7) is 1.57. The number of Topliss-reactive ketones (excluding diaryl/α,β-unsaturated/α-hetero) is 1. The number of carbonyl (C=O) groups is 2. The van der Waals surface area contributed by atoms with Gasteiger partial charge in [-0.15, -0.1) is 0 Å². The predicted octanol–water partition coefficient (Wildman–Crippen LogP) is 5.34. The molecule has 0 saturated heterocycles. The van der Waals surface area contributed by atoms with E-state index in [-0.39, 0.29) is 11.3 Å². The summed E-state index contributed by atoms with van der Waals surface area (Å²) in [5.74, 6) is -1.25. The van der Waals surface area contributed by atoms with Crippen LogP contribution in [-0.2, 0) is 4.74 Å². The third-order valence-corrected chi connectivity index (χ3v) is 4.59. The van der Waals surface area contributed by atoms with Gasteiger partial charge in [0, 0.05) is 27.8 Å². The van der Waals surface area contributed by atoms with E-state index in [4.69, 9.17) is 16.3 Å². The number of nitro groups is 1. The van der Waals surface area contributed by atoms with Crippen molar-refractivity contribution in [1.29, 1.82) is 0 Å². The number of carbonyl (C=O) groups excluding carboxylic acids is 2. The minimum atomic E-state index is -1.22. The number of halogens is 1. The average Bonchev–Trinajstić information content (AvgIpc) is 2.73. The Bertz CT molecular complexity index is 1060. The molecule has 0 aliphatic heterocycles. The van der Waals surface area contributed by atoms with Gasteiger partial charge in [-0.3, -0.25) is 14.9 Å². The number of nitrogens with zero attached hydrogens (tertiary/aromatic N) is 1. The molecule has 6 nitrogen and oxygen atoms in total. The van der Waals surface area contributed by atoms with E-state index >= 15 is 0 Å². The van der Waals surface area contributed by atoms with Crippen molar-refractivity contribution < 1.29 is 19.2 Å². The predicted molar refractivity (Wildman–Crippen MR) is 108 cm³/mol. The highest BCUT2D eigenvalue weighted by molar-refractivity contribution is 6.30. The SMILES string of the molecule is Cc1ccc(C(=O)O[C@@H](C(=O)c2ccccc2)c2ccc(Cl)cc2)cc1[N+](=O)[O-]. The molecule has 0 aliphatic carbocycles. The van der Waals surface area contributed by atoms with Crippen molar-refractivity contribution in [3.05, 3.63) is 110 Å². The fourth-order valence-corrected chi connectivity index (χ4v) is 2.90. The number of rotatable bonds is 6. The monoisotopic (exact) mass is 409 g/mol. The van der Waals surface area contributed by atoms with E-state index < -0.39 is 22.8 Å². The van der Waals surface area contributed by atoms with Gasteiger partial charge in [0.25, 0.3) is 5.69 Å². The highest BCUT2D eigenvalue weighted by Gasteiger charge is 2.27. The lowest BCUT2D eigenvalue weighted by atomic mass is 9.99. The second kappa shape index (κ2) is 8.67. The molecule has 3 rings (SSSR count). The largest absolute Gasteiger partial charge is 0.445 e. The molecule has 0 saturated carbocycles. The van der Waals surface area contributed by atoms with Crippen molar-refractivity contribution in [3.8, 4) is 0 Å². The number of benzene rings is 3. The van der Waals surface area contributed by atoms with Crippen molar-refractivity contribution >= 4 is 29.0 Å². The van der Waals surface area contributed by atoms with Gasteiger partial charge in [0.15, 0.2) is 6.10 Å². The number of aryl methyl sites for hydroxylation is 1. The molecule has 29 heavy (non-hydrogen) atoms. The quantitative estimate of drug-likeness (QED) is 0.237. The molecule has 3 aromatic rings. The van der Waals surface area contributed by atoms with Crippen molar-refractivity contribution in [3.63, 3.8) is 0 Å². The Labute approximate surface area is 171 Å². The van der Waals surface area contributed by atoms with Gasteiger partial charge in [0.1, 0.15) is 0 Å². The molecule has 1 atom stereocenters. The van der Waals surface area contributed by atoms with Gasteiger partial charge >= 0.3 is 5.97 Å². The lowest BCUT2D eigenvalue weighted by Gasteiger charge is -2.18. The van der Waals surface area contributed by atoms with Gasteiger partial charge < -0.3 is 4.74 Å². The molecule has 0 amide bonds. The fourth-order valence-electron chi connectivity index (χ4n) is 2.77. The van der Waals surface area contributed by atoms with Crippen LogP contribution in [0.15, 0.2) is 72.8 Å². The Hall–Kier alpha value is -3.51. The lowest BCUT2D eigenvalue weighted by Crippen LogP contribution is -2.20. The molecule has 0 radical (unpaired) electrons. The number of hydrogen-bond acceptors (Lipinski definition) is 5. The minimum Gasteiger partial charge on any atom is -0.445 e. The molecule has 146 valence electrons. The summed E-state index contributed by atoms with van der Waals surface area (Å²) in [5.41, 5.74) is 1.02.